The lowest BCUT2D eigenvalue weighted by Crippen LogP contribution is -2.42. The van der Waals surface area contributed by atoms with Crippen molar-refractivity contribution in [3.05, 3.63) is 12.7 Å². The van der Waals surface area contributed by atoms with Crippen LogP contribution in [0.4, 0.5) is 0 Å². The monoisotopic (exact) mass is 340 g/mol. The highest BCUT2D eigenvalue weighted by Gasteiger charge is 2.47. The van der Waals surface area contributed by atoms with Crippen LogP contribution in [0.1, 0.15) is 85.0 Å². The van der Waals surface area contributed by atoms with Gasteiger partial charge >= 0.3 is 11.9 Å². The average Bonchev–Trinajstić information content (AvgIpc) is 2.59. The summed E-state index contributed by atoms with van der Waals surface area (Å²) >= 11 is 0. The van der Waals surface area contributed by atoms with Gasteiger partial charge < -0.3 is 9.47 Å². The third-order valence-electron chi connectivity index (χ3n) is 4.19. The molecule has 0 heterocycles. The van der Waals surface area contributed by atoms with Gasteiger partial charge in [0.1, 0.15) is 0 Å². The maximum Gasteiger partial charge on any atom is 0.323 e. The zero-order valence-corrected chi connectivity index (χ0v) is 15.9. The summed E-state index contributed by atoms with van der Waals surface area (Å²) < 4.78 is 10.8. The van der Waals surface area contributed by atoms with Crippen LogP contribution in [0.5, 0.6) is 0 Å². The molecule has 0 aliphatic rings. The summed E-state index contributed by atoms with van der Waals surface area (Å²) in [4.78, 5) is 25.4. The van der Waals surface area contributed by atoms with Crippen molar-refractivity contribution in [1.29, 1.82) is 0 Å². The molecule has 0 aromatic carbocycles. The fourth-order valence-corrected chi connectivity index (χ4v) is 2.59. The van der Waals surface area contributed by atoms with Gasteiger partial charge in [-0.3, -0.25) is 9.59 Å². The number of carbonyl (C=O) groups excluding carboxylic acids is 2. The minimum absolute atomic E-state index is 0.270. The summed E-state index contributed by atoms with van der Waals surface area (Å²) in [6.07, 6.45) is 9.83. The van der Waals surface area contributed by atoms with Gasteiger partial charge in [-0.15, -0.1) is 6.58 Å². The minimum atomic E-state index is -1.23. The van der Waals surface area contributed by atoms with E-state index >= 15 is 0 Å². The molecule has 0 N–H and O–H groups in total. The van der Waals surface area contributed by atoms with Crippen LogP contribution in [0.15, 0.2) is 12.7 Å². The molecule has 0 radical (unpaired) electrons. The highest BCUT2D eigenvalue weighted by Crippen LogP contribution is 2.33. The molecule has 0 unspecified atom stereocenters. The first-order valence-corrected chi connectivity index (χ1v) is 9.54. The number of rotatable bonds is 15. The summed E-state index contributed by atoms with van der Waals surface area (Å²) in [6.45, 7) is 10.7. The summed E-state index contributed by atoms with van der Waals surface area (Å²) in [5.74, 6) is -0.903. The van der Waals surface area contributed by atoms with Crippen LogP contribution in [-0.2, 0) is 19.1 Å². The fourth-order valence-electron chi connectivity index (χ4n) is 2.59. The van der Waals surface area contributed by atoms with Crippen molar-refractivity contribution in [3.8, 4) is 0 Å². The van der Waals surface area contributed by atoms with E-state index < -0.39 is 17.4 Å². The molecule has 0 aliphatic carbocycles. The summed E-state index contributed by atoms with van der Waals surface area (Å²) in [6, 6.07) is 0. The van der Waals surface area contributed by atoms with E-state index in [2.05, 4.69) is 20.4 Å². The van der Waals surface area contributed by atoms with E-state index in [0.717, 1.165) is 51.4 Å². The van der Waals surface area contributed by atoms with Crippen LogP contribution >= 0.6 is 0 Å². The van der Waals surface area contributed by atoms with Crippen LogP contribution in [-0.4, -0.2) is 25.2 Å². The Labute approximate surface area is 148 Å². The molecular formula is C20H36O4. The van der Waals surface area contributed by atoms with Crippen molar-refractivity contribution >= 4 is 11.9 Å². The SMILES string of the molecule is C=CCC(CCCC)(C(=O)OCCCCC)C(=O)OCCCCC. The van der Waals surface area contributed by atoms with Gasteiger partial charge in [-0.05, 0) is 25.7 Å². The quantitative estimate of drug-likeness (QED) is 0.178. The van der Waals surface area contributed by atoms with Crippen LogP contribution in [0.3, 0.4) is 0 Å². The Morgan fingerprint density at radius 1 is 0.833 bits per heavy atom. The predicted molar refractivity (Wildman–Crippen MR) is 97.7 cm³/mol. The first kappa shape index (κ1) is 22.7. The van der Waals surface area contributed by atoms with Gasteiger partial charge in [-0.25, -0.2) is 0 Å². The highest BCUT2D eigenvalue weighted by molar-refractivity contribution is 6.00. The first-order chi connectivity index (χ1) is 11.6. The molecule has 0 spiro atoms. The second-order valence-electron chi connectivity index (χ2n) is 6.36. The summed E-state index contributed by atoms with van der Waals surface area (Å²) in [7, 11) is 0. The van der Waals surface area contributed by atoms with Gasteiger partial charge in [0.05, 0.1) is 13.2 Å². The van der Waals surface area contributed by atoms with Crippen molar-refractivity contribution in [2.75, 3.05) is 13.2 Å². The number of hydrogen-bond acceptors (Lipinski definition) is 4. The van der Waals surface area contributed by atoms with Gasteiger partial charge in [-0.2, -0.15) is 0 Å². The molecule has 0 aromatic heterocycles. The van der Waals surface area contributed by atoms with E-state index in [4.69, 9.17) is 9.47 Å². The molecule has 24 heavy (non-hydrogen) atoms. The molecule has 0 rings (SSSR count). The number of unbranched alkanes of at least 4 members (excludes halogenated alkanes) is 5. The Morgan fingerprint density at radius 3 is 1.67 bits per heavy atom. The lowest BCUT2D eigenvalue weighted by atomic mass is 9.79. The number of esters is 2. The molecule has 0 saturated heterocycles. The topological polar surface area (TPSA) is 52.6 Å². The van der Waals surface area contributed by atoms with Gasteiger partial charge in [0.15, 0.2) is 5.41 Å². The third kappa shape index (κ3) is 7.98. The maximum atomic E-state index is 12.7. The lowest BCUT2D eigenvalue weighted by Gasteiger charge is -2.28. The molecule has 4 heteroatoms. The van der Waals surface area contributed by atoms with Crippen LogP contribution < -0.4 is 0 Å². The van der Waals surface area contributed by atoms with Gasteiger partial charge in [-0.1, -0.05) is 65.4 Å². The Hall–Kier alpha value is -1.32. The van der Waals surface area contributed by atoms with E-state index in [1.54, 1.807) is 6.08 Å². The number of allylic oxidation sites excluding steroid dienone is 1. The number of carbonyl (C=O) groups is 2. The Morgan fingerprint density at radius 2 is 1.29 bits per heavy atom. The van der Waals surface area contributed by atoms with E-state index in [-0.39, 0.29) is 6.42 Å². The van der Waals surface area contributed by atoms with Crippen LogP contribution in [0, 0.1) is 5.41 Å². The molecule has 0 aromatic rings. The van der Waals surface area contributed by atoms with Gasteiger partial charge in [0.25, 0.3) is 0 Å². The van der Waals surface area contributed by atoms with E-state index in [0.29, 0.717) is 19.6 Å². The highest BCUT2D eigenvalue weighted by atomic mass is 16.6. The maximum absolute atomic E-state index is 12.7. The fraction of sp³-hybridized carbons (Fsp3) is 0.800. The van der Waals surface area contributed by atoms with E-state index in [1.165, 1.54) is 0 Å². The second-order valence-corrected chi connectivity index (χ2v) is 6.36. The standard InChI is InChI=1S/C20H36O4/c1-5-9-12-16-23-18(21)20(14-8-4,15-11-7-3)19(22)24-17-13-10-6-2/h8H,4-7,9-17H2,1-3H3. The van der Waals surface area contributed by atoms with Crippen molar-refractivity contribution in [2.24, 2.45) is 5.41 Å². The van der Waals surface area contributed by atoms with Gasteiger partial charge in [0.2, 0.25) is 0 Å². The zero-order chi connectivity index (χ0) is 18.3. The molecule has 0 fully saturated rings. The number of hydrogen-bond donors (Lipinski definition) is 0. The average molecular weight is 341 g/mol. The number of ether oxygens (including phenoxy) is 2. The Balaban J connectivity index is 4.96. The normalized spacial score (nSPS) is 11.1. The molecular weight excluding hydrogens is 304 g/mol. The largest absolute Gasteiger partial charge is 0.465 e. The predicted octanol–water partition coefficient (Wildman–Crippen LogP) is 5.21. The van der Waals surface area contributed by atoms with Crippen LogP contribution in [0.25, 0.3) is 0 Å². The molecule has 140 valence electrons. The van der Waals surface area contributed by atoms with Crippen molar-refractivity contribution in [2.45, 2.75) is 85.0 Å². The molecule has 0 bridgehead atoms. The van der Waals surface area contributed by atoms with Gasteiger partial charge in [0, 0.05) is 0 Å². The van der Waals surface area contributed by atoms with Crippen molar-refractivity contribution < 1.29 is 19.1 Å². The Kier molecular flexibility index (Phi) is 13.3. The van der Waals surface area contributed by atoms with Crippen LogP contribution in [0.2, 0.25) is 0 Å². The molecule has 4 nitrogen and oxygen atoms in total. The third-order valence-corrected chi connectivity index (χ3v) is 4.19. The molecule has 0 amide bonds. The van der Waals surface area contributed by atoms with Crippen molar-refractivity contribution in [3.63, 3.8) is 0 Å². The zero-order valence-electron chi connectivity index (χ0n) is 15.9. The molecule has 0 atom stereocenters. The summed E-state index contributed by atoms with van der Waals surface area (Å²) in [5.41, 5.74) is -1.23. The van der Waals surface area contributed by atoms with Crippen molar-refractivity contribution in [1.82, 2.24) is 0 Å². The second kappa shape index (κ2) is 14.1. The first-order valence-electron chi connectivity index (χ1n) is 9.54. The smallest absolute Gasteiger partial charge is 0.323 e. The Bertz CT molecular complexity index is 339. The minimum Gasteiger partial charge on any atom is -0.465 e. The molecule has 0 aliphatic heterocycles. The molecule has 0 saturated carbocycles. The van der Waals surface area contributed by atoms with E-state index in [9.17, 15) is 9.59 Å². The van der Waals surface area contributed by atoms with E-state index in [1.807, 2.05) is 6.92 Å². The lowest BCUT2D eigenvalue weighted by molar-refractivity contribution is -0.173. The summed E-state index contributed by atoms with van der Waals surface area (Å²) in [5, 5.41) is 0.